The zero-order valence-corrected chi connectivity index (χ0v) is 16.2. The number of carbonyl (C=O) groups excluding carboxylic acids is 1. The highest BCUT2D eigenvalue weighted by molar-refractivity contribution is 7.22. The number of benzene rings is 1. The van der Waals surface area contributed by atoms with Crippen molar-refractivity contribution in [3.05, 3.63) is 51.7 Å². The molecular formula is C18H15N3OS3. The Morgan fingerprint density at radius 2 is 2.00 bits per heavy atom. The Morgan fingerprint density at radius 3 is 2.72 bits per heavy atom. The van der Waals surface area contributed by atoms with Gasteiger partial charge < -0.3 is 0 Å². The van der Waals surface area contributed by atoms with Gasteiger partial charge in [-0.2, -0.15) is 11.3 Å². The van der Waals surface area contributed by atoms with Crippen molar-refractivity contribution in [3.63, 3.8) is 0 Å². The molecule has 4 nitrogen and oxygen atoms in total. The van der Waals surface area contributed by atoms with Gasteiger partial charge in [0.1, 0.15) is 9.88 Å². The van der Waals surface area contributed by atoms with Crippen LogP contribution in [0.2, 0.25) is 0 Å². The van der Waals surface area contributed by atoms with Crippen LogP contribution in [0.3, 0.4) is 0 Å². The van der Waals surface area contributed by atoms with Crippen LogP contribution in [0.1, 0.15) is 22.3 Å². The van der Waals surface area contributed by atoms with E-state index >= 15 is 0 Å². The van der Waals surface area contributed by atoms with E-state index in [1.165, 1.54) is 11.3 Å². The summed E-state index contributed by atoms with van der Waals surface area (Å²) in [6, 6.07) is 9.98. The highest BCUT2D eigenvalue weighted by atomic mass is 32.1. The minimum absolute atomic E-state index is 0.0296. The standard InChI is InChI=1S/C18H15N3OS3/c1-3-21(18-20-13-6-4-5-7-14(13)24-18)17(22)15-11(2)19-16(25-15)12-8-9-23-10-12/h4-10H,3H2,1-2H3. The lowest BCUT2D eigenvalue weighted by molar-refractivity contribution is 0.0991. The molecule has 0 aliphatic carbocycles. The number of aryl methyl sites for hydroxylation is 1. The Hall–Kier alpha value is -2.09. The minimum atomic E-state index is -0.0296. The number of hydrogen-bond donors (Lipinski definition) is 0. The van der Waals surface area contributed by atoms with Crippen molar-refractivity contribution in [2.45, 2.75) is 13.8 Å². The second-order valence-electron chi connectivity index (χ2n) is 5.46. The molecule has 1 aromatic carbocycles. The van der Waals surface area contributed by atoms with Crippen LogP contribution in [0.15, 0.2) is 41.1 Å². The molecule has 0 bridgehead atoms. The average molecular weight is 386 g/mol. The molecule has 126 valence electrons. The number of carbonyl (C=O) groups is 1. The molecule has 0 fully saturated rings. The Balaban J connectivity index is 1.71. The normalized spacial score (nSPS) is 11.1. The third-order valence-electron chi connectivity index (χ3n) is 3.83. The topological polar surface area (TPSA) is 46.1 Å². The molecule has 4 rings (SSSR count). The highest BCUT2D eigenvalue weighted by Crippen LogP contribution is 2.33. The fourth-order valence-corrected chi connectivity index (χ4v) is 5.32. The zero-order chi connectivity index (χ0) is 17.4. The number of para-hydroxylation sites is 1. The fraction of sp³-hybridized carbons (Fsp3) is 0.167. The molecule has 3 heterocycles. The van der Waals surface area contributed by atoms with Crippen LogP contribution >= 0.6 is 34.0 Å². The quantitative estimate of drug-likeness (QED) is 0.469. The molecule has 3 aromatic heterocycles. The number of fused-ring (bicyclic) bond motifs is 1. The molecule has 0 unspecified atom stereocenters. The van der Waals surface area contributed by atoms with Gasteiger partial charge in [-0.15, -0.1) is 11.3 Å². The van der Waals surface area contributed by atoms with Crippen molar-refractivity contribution >= 4 is 55.3 Å². The Morgan fingerprint density at radius 1 is 1.16 bits per heavy atom. The maximum Gasteiger partial charge on any atom is 0.272 e. The van der Waals surface area contributed by atoms with Gasteiger partial charge in [-0.25, -0.2) is 9.97 Å². The third-order valence-corrected chi connectivity index (χ3v) is 6.77. The van der Waals surface area contributed by atoms with Gasteiger partial charge in [0.25, 0.3) is 5.91 Å². The SMILES string of the molecule is CCN(C(=O)c1sc(-c2ccsc2)nc1C)c1nc2ccccc2s1. The fourth-order valence-electron chi connectivity index (χ4n) is 2.57. The number of amides is 1. The maximum atomic E-state index is 13.1. The van der Waals surface area contributed by atoms with Crippen molar-refractivity contribution in [1.29, 1.82) is 0 Å². The van der Waals surface area contributed by atoms with Crippen molar-refractivity contribution < 1.29 is 4.79 Å². The van der Waals surface area contributed by atoms with Crippen LogP contribution < -0.4 is 4.90 Å². The van der Waals surface area contributed by atoms with E-state index in [-0.39, 0.29) is 5.91 Å². The minimum Gasteiger partial charge on any atom is -0.283 e. The number of nitrogens with zero attached hydrogens (tertiary/aromatic N) is 3. The molecule has 0 atom stereocenters. The molecule has 0 aliphatic rings. The summed E-state index contributed by atoms with van der Waals surface area (Å²) in [7, 11) is 0. The molecule has 0 radical (unpaired) electrons. The summed E-state index contributed by atoms with van der Waals surface area (Å²) in [5.41, 5.74) is 2.77. The van der Waals surface area contributed by atoms with Crippen LogP contribution in [0.25, 0.3) is 20.8 Å². The Bertz CT molecular complexity index is 1000. The first-order valence-electron chi connectivity index (χ1n) is 7.85. The van der Waals surface area contributed by atoms with Gasteiger partial charge in [0, 0.05) is 17.5 Å². The first-order chi connectivity index (χ1) is 12.2. The molecule has 7 heteroatoms. The molecule has 25 heavy (non-hydrogen) atoms. The number of aromatic nitrogens is 2. The van der Waals surface area contributed by atoms with E-state index in [0.29, 0.717) is 11.4 Å². The van der Waals surface area contributed by atoms with Crippen LogP contribution in [0.5, 0.6) is 0 Å². The lowest BCUT2D eigenvalue weighted by atomic mass is 10.3. The predicted molar refractivity (Wildman–Crippen MR) is 107 cm³/mol. The third kappa shape index (κ3) is 2.99. The van der Waals surface area contributed by atoms with Gasteiger partial charge in [0.2, 0.25) is 0 Å². The highest BCUT2D eigenvalue weighted by Gasteiger charge is 2.24. The van der Waals surface area contributed by atoms with Crippen molar-refractivity contribution in [1.82, 2.24) is 9.97 Å². The van der Waals surface area contributed by atoms with Crippen LogP contribution in [-0.4, -0.2) is 22.4 Å². The lowest BCUT2D eigenvalue weighted by Crippen LogP contribution is -2.30. The second kappa shape index (κ2) is 6.67. The zero-order valence-electron chi connectivity index (χ0n) is 13.7. The van der Waals surface area contributed by atoms with E-state index in [4.69, 9.17) is 0 Å². The molecule has 0 saturated heterocycles. The van der Waals surface area contributed by atoms with Gasteiger partial charge in [-0.05, 0) is 37.4 Å². The predicted octanol–water partition coefficient (Wildman–Crippen LogP) is 5.46. The van der Waals surface area contributed by atoms with Gasteiger partial charge in [0.05, 0.1) is 15.9 Å². The summed E-state index contributed by atoms with van der Waals surface area (Å²) in [6.07, 6.45) is 0. The van der Waals surface area contributed by atoms with Gasteiger partial charge >= 0.3 is 0 Å². The number of hydrogen-bond acceptors (Lipinski definition) is 6. The summed E-state index contributed by atoms with van der Waals surface area (Å²) in [5.74, 6) is -0.0296. The monoisotopic (exact) mass is 385 g/mol. The summed E-state index contributed by atoms with van der Waals surface area (Å²) in [4.78, 5) is 24.8. The Kier molecular flexibility index (Phi) is 4.37. The number of thiazole rings is 2. The van der Waals surface area contributed by atoms with E-state index in [0.717, 1.165) is 31.6 Å². The van der Waals surface area contributed by atoms with E-state index in [2.05, 4.69) is 15.3 Å². The van der Waals surface area contributed by atoms with Crippen molar-refractivity contribution in [2.75, 3.05) is 11.4 Å². The van der Waals surface area contributed by atoms with Gasteiger partial charge in [0.15, 0.2) is 5.13 Å². The van der Waals surface area contributed by atoms with E-state index < -0.39 is 0 Å². The summed E-state index contributed by atoms with van der Waals surface area (Å²) in [6.45, 7) is 4.44. The first-order valence-corrected chi connectivity index (χ1v) is 10.4. The number of anilines is 1. The average Bonchev–Trinajstić information content (AvgIpc) is 3.34. The smallest absolute Gasteiger partial charge is 0.272 e. The molecule has 0 N–H and O–H groups in total. The summed E-state index contributed by atoms with van der Waals surface area (Å²) < 4.78 is 1.09. The Labute approximate surface area is 157 Å². The van der Waals surface area contributed by atoms with Crippen LogP contribution in [0, 0.1) is 6.92 Å². The van der Waals surface area contributed by atoms with E-state index in [9.17, 15) is 4.79 Å². The number of thiophene rings is 1. The molecular weight excluding hydrogens is 370 g/mol. The van der Waals surface area contributed by atoms with Crippen LogP contribution in [0.4, 0.5) is 5.13 Å². The van der Waals surface area contributed by atoms with Gasteiger partial charge in [-0.3, -0.25) is 9.69 Å². The molecule has 0 aliphatic heterocycles. The summed E-state index contributed by atoms with van der Waals surface area (Å²) in [5, 5.41) is 5.70. The molecule has 0 spiro atoms. The lowest BCUT2D eigenvalue weighted by Gasteiger charge is -2.16. The van der Waals surface area contributed by atoms with E-state index in [1.54, 1.807) is 27.6 Å². The largest absolute Gasteiger partial charge is 0.283 e. The van der Waals surface area contributed by atoms with Crippen molar-refractivity contribution in [3.8, 4) is 10.6 Å². The van der Waals surface area contributed by atoms with Gasteiger partial charge in [-0.1, -0.05) is 23.5 Å². The van der Waals surface area contributed by atoms with E-state index in [1.807, 2.05) is 49.6 Å². The van der Waals surface area contributed by atoms with Crippen molar-refractivity contribution in [2.24, 2.45) is 0 Å². The molecule has 4 aromatic rings. The summed E-state index contributed by atoms with van der Waals surface area (Å²) >= 11 is 4.63. The molecule has 0 saturated carbocycles. The molecule has 1 amide bonds. The maximum absolute atomic E-state index is 13.1. The second-order valence-corrected chi connectivity index (χ2v) is 8.25. The van der Waals surface area contributed by atoms with Crippen LogP contribution in [-0.2, 0) is 0 Å². The first kappa shape index (κ1) is 16.4. The number of rotatable bonds is 4.